The minimum absolute atomic E-state index is 1.28. The Morgan fingerprint density at radius 3 is 1.50 bits per heavy atom. The van der Waals surface area contributed by atoms with Gasteiger partial charge in [-0.25, -0.2) is 0 Å². The van der Waals surface area contributed by atoms with E-state index in [1.165, 1.54) is 87.2 Å². The van der Waals surface area contributed by atoms with Crippen LogP contribution in [0.2, 0.25) is 0 Å². The van der Waals surface area contributed by atoms with Gasteiger partial charge in [0.1, 0.15) is 0 Å². The second-order valence-electron chi connectivity index (χ2n) is 10.5. The highest BCUT2D eigenvalue weighted by Crippen LogP contribution is 2.52. The summed E-state index contributed by atoms with van der Waals surface area (Å²) in [6.45, 7) is 0. The van der Waals surface area contributed by atoms with Gasteiger partial charge in [-0.1, -0.05) is 127 Å². The average molecular weight is 479 g/mol. The zero-order chi connectivity index (χ0) is 24.8. The van der Waals surface area contributed by atoms with Crippen LogP contribution >= 0.6 is 0 Å². The molecule has 0 heteroatoms. The minimum atomic E-state index is 1.28. The molecule has 8 aromatic rings. The highest BCUT2D eigenvalue weighted by molar-refractivity contribution is 6.36. The predicted molar refractivity (Wildman–Crippen MR) is 164 cm³/mol. The molecule has 0 heterocycles. The first-order chi connectivity index (χ1) is 18.9. The van der Waals surface area contributed by atoms with Gasteiger partial charge in [-0.3, -0.25) is 0 Å². The maximum atomic E-state index is 2.47. The van der Waals surface area contributed by atoms with E-state index in [2.05, 4.69) is 133 Å². The SMILES string of the molecule is c1ccc2c(-c3ccc4c5c3cc(-c3cccc6ccccc36)c3ccc6cccc-4c6c35)cccc2c1. The summed E-state index contributed by atoms with van der Waals surface area (Å²) in [7, 11) is 0. The van der Waals surface area contributed by atoms with E-state index in [9.17, 15) is 0 Å². The van der Waals surface area contributed by atoms with Gasteiger partial charge in [0.25, 0.3) is 0 Å². The van der Waals surface area contributed by atoms with Crippen LogP contribution in [0.5, 0.6) is 0 Å². The zero-order valence-corrected chi connectivity index (χ0v) is 20.7. The summed E-state index contributed by atoms with van der Waals surface area (Å²) in [5.74, 6) is 0. The van der Waals surface area contributed by atoms with Crippen LogP contribution in [-0.4, -0.2) is 0 Å². The van der Waals surface area contributed by atoms with E-state index >= 15 is 0 Å². The van der Waals surface area contributed by atoms with Crippen molar-refractivity contribution in [2.24, 2.45) is 0 Å². The summed E-state index contributed by atoms with van der Waals surface area (Å²) < 4.78 is 0. The molecule has 0 bridgehead atoms. The molecule has 0 unspecified atom stereocenters. The lowest BCUT2D eigenvalue weighted by molar-refractivity contribution is 1.69. The van der Waals surface area contributed by atoms with E-state index < -0.39 is 0 Å². The molecule has 0 N–H and O–H groups in total. The number of benzene rings is 8. The zero-order valence-electron chi connectivity index (χ0n) is 20.7. The summed E-state index contributed by atoms with van der Waals surface area (Å²) in [5.41, 5.74) is 7.90. The molecule has 0 spiro atoms. The first-order valence-corrected chi connectivity index (χ1v) is 13.3. The van der Waals surface area contributed by atoms with Crippen molar-refractivity contribution in [1.82, 2.24) is 0 Å². The lowest BCUT2D eigenvalue weighted by Crippen LogP contribution is -1.89. The van der Waals surface area contributed by atoms with Crippen molar-refractivity contribution in [3.05, 3.63) is 133 Å². The summed E-state index contributed by atoms with van der Waals surface area (Å²) in [6, 6.07) is 49.5. The third-order valence-electron chi connectivity index (χ3n) is 8.57. The van der Waals surface area contributed by atoms with Crippen molar-refractivity contribution in [2.45, 2.75) is 0 Å². The first-order valence-electron chi connectivity index (χ1n) is 13.3. The third-order valence-corrected chi connectivity index (χ3v) is 8.57. The predicted octanol–water partition coefficient (Wildman–Crippen LogP) is 10.8. The van der Waals surface area contributed by atoms with Crippen molar-refractivity contribution >= 4 is 53.9 Å². The molecule has 0 fully saturated rings. The van der Waals surface area contributed by atoms with Crippen LogP contribution in [0.1, 0.15) is 0 Å². The van der Waals surface area contributed by atoms with Crippen LogP contribution < -0.4 is 0 Å². The smallest absolute Gasteiger partial charge is 0.000785 e. The van der Waals surface area contributed by atoms with E-state index in [0.717, 1.165) is 0 Å². The average Bonchev–Trinajstić information content (AvgIpc) is 3.33. The molecule has 0 amide bonds. The normalized spacial score (nSPS) is 12.2. The monoisotopic (exact) mass is 478 g/mol. The molecule has 0 nitrogen and oxygen atoms in total. The Kier molecular flexibility index (Phi) is 3.88. The van der Waals surface area contributed by atoms with Gasteiger partial charge in [0, 0.05) is 0 Å². The summed E-state index contributed by atoms with van der Waals surface area (Å²) in [5, 5.41) is 13.3. The Bertz CT molecular complexity index is 2270. The second kappa shape index (κ2) is 7.31. The molecule has 0 atom stereocenters. The molecule has 1 aliphatic carbocycles. The van der Waals surface area contributed by atoms with Gasteiger partial charge in [0.05, 0.1) is 0 Å². The number of fused-ring (bicyclic) bond motifs is 3. The summed E-state index contributed by atoms with van der Waals surface area (Å²) in [4.78, 5) is 0. The van der Waals surface area contributed by atoms with Gasteiger partial charge in [-0.05, 0) is 93.3 Å². The van der Waals surface area contributed by atoms with Gasteiger partial charge in [-0.15, -0.1) is 0 Å². The molecule has 0 aromatic heterocycles. The van der Waals surface area contributed by atoms with Crippen molar-refractivity contribution in [3.8, 4) is 33.4 Å². The lowest BCUT2D eigenvalue weighted by atomic mass is 9.87. The molecular formula is C38H22. The Balaban J connectivity index is 1.51. The van der Waals surface area contributed by atoms with Crippen molar-refractivity contribution in [1.29, 1.82) is 0 Å². The second-order valence-corrected chi connectivity index (χ2v) is 10.5. The highest BCUT2D eigenvalue weighted by Gasteiger charge is 2.24. The molecule has 8 aromatic carbocycles. The molecule has 0 saturated carbocycles. The molecule has 9 rings (SSSR count). The molecule has 1 aliphatic rings. The van der Waals surface area contributed by atoms with E-state index in [4.69, 9.17) is 0 Å². The van der Waals surface area contributed by atoms with Gasteiger partial charge in [-0.2, -0.15) is 0 Å². The lowest BCUT2D eigenvalue weighted by Gasteiger charge is -2.16. The van der Waals surface area contributed by atoms with Gasteiger partial charge < -0.3 is 0 Å². The van der Waals surface area contributed by atoms with Gasteiger partial charge in [0.15, 0.2) is 0 Å². The quantitative estimate of drug-likeness (QED) is 0.217. The fourth-order valence-corrected chi connectivity index (χ4v) is 6.95. The topological polar surface area (TPSA) is 0 Å². The van der Waals surface area contributed by atoms with Crippen molar-refractivity contribution < 1.29 is 0 Å². The molecule has 0 saturated heterocycles. The van der Waals surface area contributed by atoms with Crippen LogP contribution in [0, 0.1) is 0 Å². The van der Waals surface area contributed by atoms with E-state index in [-0.39, 0.29) is 0 Å². The van der Waals surface area contributed by atoms with E-state index in [1.54, 1.807) is 0 Å². The van der Waals surface area contributed by atoms with Crippen LogP contribution in [0.4, 0.5) is 0 Å². The molecular weight excluding hydrogens is 456 g/mol. The molecule has 38 heavy (non-hydrogen) atoms. The number of rotatable bonds is 2. The Hall–Kier alpha value is -4.94. The van der Waals surface area contributed by atoms with Gasteiger partial charge >= 0.3 is 0 Å². The maximum Gasteiger partial charge on any atom is -0.000785 e. The Morgan fingerprint density at radius 1 is 0.237 bits per heavy atom. The van der Waals surface area contributed by atoms with Crippen LogP contribution in [0.25, 0.3) is 87.2 Å². The highest BCUT2D eigenvalue weighted by atomic mass is 14.3. The first kappa shape index (κ1) is 20.2. The minimum Gasteiger partial charge on any atom is -0.0616 e. The Morgan fingerprint density at radius 2 is 0.763 bits per heavy atom. The van der Waals surface area contributed by atoms with Gasteiger partial charge in [0.2, 0.25) is 0 Å². The van der Waals surface area contributed by atoms with E-state index in [0.29, 0.717) is 0 Å². The van der Waals surface area contributed by atoms with Crippen LogP contribution in [0.15, 0.2) is 133 Å². The van der Waals surface area contributed by atoms with Crippen LogP contribution in [-0.2, 0) is 0 Å². The number of hydrogen-bond acceptors (Lipinski definition) is 0. The number of hydrogen-bond donors (Lipinski definition) is 0. The fraction of sp³-hybridized carbons (Fsp3) is 0. The molecule has 0 radical (unpaired) electrons. The fourth-order valence-electron chi connectivity index (χ4n) is 6.95. The Labute approximate surface area is 220 Å². The third kappa shape index (κ3) is 2.54. The molecule has 0 aliphatic heterocycles. The maximum absolute atomic E-state index is 2.47. The van der Waals surface area contributed by atoms with E-state index in [1.807, 2.05) is 0 Å². The van der Waals surface area contributed by atoms with Crippen LogP contribution in [0.3, 0.4) is 0 Å². The summed E-state index contributed by atoms with van der Waals surface area (Å²) in [6.07, 6.45) is 0. The summed E-state index contributed by atoms with van der Waals surface area (Å²) >= 11 is 0. The molecule has 174 valence electrons. The standard InChI is InChI=1S/C38H22/c1-3-13-26-23(8-1)10-5-15-28(26)30-20-21-32-31-17-7-12-25-18-19-33-34(22-35(30)37(32)38(33)36(25)31)29-16-6-11-24-9-2-4-14-27(24)29/h1-22H. The van der Waals surface area contributed by atoms with Crippen molar-refractivity contribution in [2.75, 3.05) is 0 Å². The largest absolute Gasteiger partial charge is 0.0616 e. The van der Waals surface area contributed by atoms with Crippen molar-refractivity contribution in [3.63, 3.8) is 0 Å².